The lowest BCUT2D eigenvalue weighted by atomic mass is 10.3. The minimum atomic E-state index is -4.04. The zero-order chi connectivity index (χ0) is 16.4. The first kappa shape index (κ1) is 15.1. The number of hydrogen-bond acceptors (Lipinski definition) is 4. The van der Waals surface area contributed by atoms with Crippen LogP contribution in [0.3, 0.4) is 0 Å². The van der Waals surface area contributed by atoms with Gasteiger partial charge in [0.2, 0.25) is 0 Å². The Balaban J connectivity index is 1.89. The zero-order valence-corrected chi connectivity index (χ0v) is 12.3. The SMILES string of the molecule is O=S(=O)(Nc1cc(F)ccc1F)c1ccc(-n2ccnn2)cc1. The molecule has 0 atom stereocenters. The highest BCUT2D eigenvalue weighted by Gasteiger charge is 2.17. The molecule has 0 aliphatic carbocycles. The van der Waals surface area contributed by atoms with Gasteiger partial charge in [0.1, 0.15) is 11.6 Å². The van der Waals surface area contributed by atoms with Gasteiger partial charge in [-0.05, 0) is 36.4 Å². The fraction of sp³-hybridized carbons (Fsp3) is 0. The van der Waals surface area contributed by atoms with Crippen molar-refractivity contribution in [2.24, 2.45) is 0 Å². The summed E-state index contributed by atoms with van der Waals surface area (Å²) in [6, 6.07) is 8.22. The summed E-state index contributed by atoms with van der Waals surface area (Å²) in [6.45, 7) is 0. The van der Waals surface area contributed by atoms with E-state index in [1.807, 2.05) is 4.72 Å². The van der Waals surface area contributed by atoms with E-state index >= 15 is 0 Å². The molecule has 23 heavy (non-hydrogen) atoms. The molecule has 3 aromatic rings. The van der Waals surface area contributed by atoms with Gasteiger partial charge in [0.05, 0.1) is 28.7 Å². The number of nitrogens with zero attached hydrogens (tertiary/aromatic N) is 3. The molecular weight excluding hydrogens is 326 g/mol. The molecule has 3 rings (SSSR count). The van der Waals surface area contributed by atoms with E-state index < -0.39 is 27.3 Å². The summed E-state index contributed by atoms with van der Waals surface area (Å²) in [5, 5.41) is 7.43. The molecule has 0 saturated heterocycles. The lowest BCUT2D eigenvalue weighted by Crippen LogP contribution is -2.14. The second-order valence-electron chi connectivity index (χ2n) is 4.57. The maximum Gasteiger partial charge on any atom is 0.261 e. The molecule has 0 unspecified atom stereocenters. The molecule has 0 spiro atoms. The molecule has 0 amide bonds. The van der Waals surface area contributed by atoms with Crippen molar-refractivity contribution in [3.63, 3.8) is 0 Å². The van der Waals surface area contributed by atoms with Crippen LogP contribution in [-0.4, -0.2) is 23.4 Å². The Morgan fingerprint density at radius 3 is 2.43 bits per heavy atom. The average Bonchev–Trinajstić information content (AvgIpc) is 3.05. The summed E-state index contributed by atoms with van der Waals surface area (Å²) in [5.74, 6) is -1.61. The van der Waals surface area contributed by atoms with Crippen molar-refractivity contribution < 1.29 is 17.2 Å². The van der Waals surface area contributed by atoms with Gasteiger partial charge in [-0.15, -0.1) is 5.10 Å². The standard InChI is InChI=1S/C14H10F2N4O2S/c15-10-1-6-13(16)14(9-10)18-23(21,22)12-4-2-11(3-5-12)20-8-7-17-19-20/h1-9,18H. The quantitative estimate of drug-likeness (QED) is 0.793. The van der Waals surface area contributed by atoms with Crippen LogP contribution in [0.2, 0.25) is 0 Å². The van der Waals surface area contributed by atoms with Crippen LogP contribution in [-0.2, 0) is 10.0 Å². The lowest BCUT2D eigenvalue weighted by Gasteiger charge is -2.09. The largest absolute Gasteiger partial charge is 0.277 e. The van der Waals surface area contributed by atoms with Crippen LogP contribution < -0.4 is 4.72 Å². The second-order valence-corrected chi connectivity index (χ2v) is 6.25. The average molecular weight is 336 g/mol. The van der Waals surface area contributed by atoms with E-state index in [0.717, 1.165) is 18.2 Å². The van der Waals surface area contributed by atoms with Gasteiger partial charge >= 0.3 is 0 Å². The molecule has 0 aliphatic rings. The van der Waals surface area contributed by atoms with E-state index in [2.05, 4.69) is 10.3 Å². The second kappa shape index (κ2) is 5.76. The minimum Gasteiger partial charge on any atom is -0.277 e. The first-order chi connectivity index (χ1) is 11.0. The van der Waals surface area contributed by atoms with Crippen LogP contribution >= 0.6 is 0 Å². The number of sulfonamides is 1. The molecule has 9 heteroatoms. The molecular formula is C14H10F2N4O2S. The molecule has 1 heterocycles. The Morgan fingerprint density at radius 2 is 1.78 bits per heavy atom. The Kier molecular flexibility index (Phi) is 3.78. The number of anilines is 1. The third-order valence-electron chi connectivity index (χ3n) is 3.01. The highest BCUT2D eigenvalue weighted by Crippen LogP contribution is 2.21. The predicted molar refractivity (Wildman–Crippen MR) is 78.5 cm³/mol. The highest BCUT2D eigenvalue weighted by atomic mass is 32.2. The summed E-state index contributed by atoms with van der Waals surface area (Å²) in [4.78, 5) is -0.0926. The normalized spacial score (nSPS) is 11.4. The summed E-state index contributed by atoms with van der Waals surface area (Å²) < 4.78 is 54.6. The van der Waals surface area contributed by atoms with Crippen molar-refractivity contribution in [3.8, 4) is 5.69 Å². The Bertz CT molecular complexity index is 926. The van der Waals surface area contributed by atoms with E-state index in [-0.39, 0.29) is 4.90 Å². The summed E-state index contributed by atoms with van der Waals surface area (Å²) in [6.07, 6.45) is 3.09. The Labute approximate surface area is 130 Å². The fourth-order valence-corrected chi connectivity index (χ4v) is 2.96. The van der Waals surface area contributed by atoms with Crippen molar-refractivity contribution in [3.05, 3.63) is 66.5 Å². The molecule has 118 valence electrons. The van der Waals surface area contributed by atoms with Crippen LogP contribution in [0.4, 0.5) is 14.5 Å². The van der Waals surface area contributed by atoms with Crippen LogP contribution in [0.5, 0.6) is 0 Å². The summed E-state index contributed by atoms with van der Waals surface area (Å²) in [7, 11) is -4.04. The van der Waals surface area contributed by atoms with Gasteiger partial charge in [-0.25, -0.2) is 21.9 Å². The summed E-state index contributed by atoms with van der Waals surface area (Å²) in [5.41, 5.74) is 0.156. The van der Waals surface area contributed by atoms with Crippen LogP contribution in [0.1, 0.15) is 0 Å². The van der Waals surface area contributed by atoms with Gasteiger partial charge in [-0.3, -0.25) is 4.72 Å². The summed E-state index contributed by atoms with van der Waals surface area (Å²) >= 11 is 0. The predicted octanol–water partition coefficient (Wildman–Crippen LogP) is 2.35. The number of aromatic nitrogens is 3. The van der Waals surface area contributed by atoms with E-state index in [1.54, 1.807) is 6.20 Å². The van der Waals surface area contributed by atoms with Crippen molar-refractivity contribution in [1.82, 2.24) is 15.0 Å². The monoisotopic (exact) mass is 336 g/mol. The molecule has 0 bridgehead atoms. The van der Waals surface area contributed by atoms with Crippen LogP contribution in [0.25, 0.3) is 5.69 Å². The lowest BCUT2D eigenvalue weighted by molar-refractivity contribution is 0.594. The molecule has 0 saturated carbocycles. The topological polar surface area (TPSA) is 76.9 Å². The Hall–Kier alpha value is -2.81. The van der Waals surface area contributed by atoms with E-state index in [0.29, 0.717) is 5.69 Å². The number of nitrogens with one attached hydrogen (secondary N) is 1. The van der Waals surface area contributed by atoms with E-state index in [1.165, 1.54) is 35.1 Å². The molecule has 1 aromatic heterocycles. The first-order valence-corrected chi connectivity index (χ1v) is 7.89. The number of rotatable bonds is 4. The van der Waals surface area contributed by atoms with E-state index in [9.17, 15) is 17.2 Å². The van der Waals surface area contributed by atoms with Gasteiger partial charge in [0, 0.05) is 6.07 Å². The van der Waals surface area contributed by atoms with Gasteiger partial charge in [-0.1, -0.05) is 5.21 Å². The molecule has 6 nitrogen and oxygen atoms in total. The van der Waals surface area contributed by atoms with Gasteiger partial charge < -0.3 is 0 Å². The number of halogens is 2. The van der Waals surface area contributed by atoms with Crippen molar-refractivity contribution in [1.29, 1.82) is 0 Å². The number of benzene rings is 2. The highest BCUT2D eigenvalue weighted by molar-refractivity contribution is 7.92. The minimum absolute atomic E-state index is 0.0926. The van der Waals surface area contributed by atoms with E-state index in [4.69, 9.17) is 0 Å². The van der Waals surface area contributed by atoms with Crippen LogP contribution in [0.15, 0.2) is 59.8 Å². The van der Waals surface area contributed by atoms with Gasteiger partial charge in [0.15, 0.2) is 0 Å². The Morgan fingerprint density at radius 1 is 1.04 bits per heavy atom. The maximum atomic E-state index is 13.6. The fourth-order valence-electron chi connectivity index (χ4n) is 1.90. The van der Waals surface area contributed by atoms with Crippen molar-refractivity contribution >= 4 is 15.7 Å². The third kappa shape index (κ3) is 3.19. The van der Waals surface area contributed by atoms with Gasteiger partial charge in [-0.2, -0.15) is 0 Å². The third-order valence-corrected chi connectivity index (χ3v) is 4.39. The van der Waals surface area contributed by atoms with Gasteiger partial charge in [0.25, 0.3) is 10.0 Å². The van der Waals surface area contributed by atoms with Crippen molar-refractivity contribution in [2.75, 3.05) is 4.72 Å². The first-order valence-electron chi connectivity index (χ1n) is 6.40. The molecule has 0 aliphatic heterocycles. The number of hydrogen-bond donors (Lipinski definition) is 1. The molecule has 1 N–H and O–H groups in total. The molecule has 0 fully saturated rings. The maximum absolute atomic E-state index is 13.6. The van der Waals surface area contributed by atoms with Crippen molar-refractivity contribution in [2.45, 2.75) is 4.90 Å². The smallest absolute Gasteiger partial charge is 0.261 e. The van der Waals surface area contributed by atoms with Crippen LogP contribution in [0, 0.1) is 11.6 Å². The molecule has 0 radical (unpaired) electrons. The zero-order valence-electron chi connectivity index (χ0n) is 11.5. The molecule has 2 aromatic carbocycles.